The van der Waals surface area contributed by atoms with Crippen LogP contribution in [0.5, 0.6) is 0 Å². The zero-order valence-electron chi connectivity index (χ0n) is 13.0. The van der Waals surface area contributed by atoms with Crippen LogP contribution in [-0.2, 0) is 0 Å². The largest absolute Gasteiger partial charge is 0.322 e. The van der Waals surface area contributed by atoms with Crippen LogP contribution in [0.1, 0.15) is 21.6 Å². The quantitative estimate of drug-likeness (QED) is 0.801. The molecule has 0 aliphatic heterocycles. The number of aryl methyl sites for hydroxylation is 1. The summed E-state index contributed by atoms with van der Waals surface area (Å²) >= 11 is 0. The molecule has 0 aliphatic rings. The fourth-order valence-corrected chi connectivity index (χ4v) is 2.36. The molecule has 0 spiro atoms. The summed E-state index contributed by atoms with van der Waals surface area (Å²) in [5.41, 5.74) is 3.84. The first-order valence-electron chi connectivity index (χ1n) is 7.36. The molecule has 24 heavy (non-hydrogen) atoms. The second kappa shape index (κ2) is 6.71. The van der Waals surface area contributed by atoms with Crippen molar-refractivity contribution in [2.24, 2.45) is 0 Å². The Balaban J connectivity index is 1.94. The van der Waals surface area contributed by atoms with Gasteiger partial charge in [0.2, 0.25) is 0 Å². The van der Waals surface area contributed by atoms with E-state index in [0.29, 0.717) is 11.1 Å². The van der Waals surface area contributed by atoms with Crippen molar-refractivity contribution in [3.8, 4) is 17.2 Å². The molecule has 0 saturated carbocycles. The second-order valence-corrected chi connectivity index (χ2v) is 5.29. The van der Waals surface area contributed by atoms with E-state index in [1.54, 1.807) is 30.6 Å². The molecule has 1 N–H and O–H groups in total. The molecule has 0 radical (unpaired) electrons. The maximum Gasteiger partial charge on any atom is 0.257 e. The van der Waals surface area contributed by atoms with Crippen LogP contribution in [0.2, 0.25) is 0 Å². The Hall–Kier alpha value is -3.52. The normalized spacial score (nSPS) is 10.0. The molecule has 5 nitrogen and oxygen atoms in total. The van der Waals surface area contributed by atoms with Crippen molar-refractivity contribution in [3.63, 3.8) is 0 Å². The molecular weight excluding hydrogens is 300 g/mol. The first kappa shape index (κ1) is 15.4. The molecular formula is C19H14N4O. The molecule has 1 aromatic carbocycles. The summed E-state index contributed by atoms with van der Waals surface area (Å²) in [7, 11) is 0. The molecule has 5 heteroatoms. The molecule has 2 aromatic heterocycles. The highest BCUT2D eigenvalue weighted by Gasteiger charge is 2.12. The highest BCUT2D eigenvalue weighted by Crippen LogP contribution is 2.23. The third-order valence-electron chi connectivity index (χ3n) is 3.52. The molecule has 3 rings (SSSR count). The number of carbonyl (C=O) groups excluding carboxylic acids is 1. The van der Waals surface area contributed by atoms with Crippen LogP contribution >= 0.6 is 0 Å². The Kier molecular flexibility index (Phi) is 4.30. The van der Waals surface area contributed by atoms with E-state index in [4.69, 9.17) is 0 Å². The molecule has 0 bridgehead atoms. The van der Waals surface area contributed by atoms with Gasteiger partial charge in [-0.05, 0) is 48.4 Å². The monoisotopic (exact) mass is 314 g/mol. The average molecular weight is 314 g/mol. The summed E-state index contributed by atoms with van der Waals surface area (Å²) in [6.07, 6.45) is 4.68. The van der Waals surface area contributed by atoms with Gasteiger partial charge in [-0.3, -0.25) is 9.78 Å². The number of amides is 1. The number of nitrogens with zero attached hydrogens (tertiary/aromatic N) is 3. The van der Waals surface area contributed by atoms with Crippen LogP contribution in [0.4, 0.5) is 5.69 Å². The Morgan fingerprint density at radius 2 is 1.96 bits per heavy atom. The Morgan fingerprint density at radius 3 is 2.67 bits per heavy atom. The van der Waals surface area contributed by atoms with Crippen molar-refractivity contribution in [2.45, 2.75) is 6.92 Å². The molecule has 2 heterocycles. The number of carbonyl (C=O) groups is 1. The lowest BCUT2D eigenvalue weighted by molar-refractivity contribution is 0.102. The number of hydrogen-bond donors (Lipinski definition) is 1. The predicted molar refractivity (Wildman–Crippen MR) is 91.3 cm³/mol. The fourth-order valence-electron chi connectivity index (χ4n) is 2.36. The Labute approximate surface area is 139 Å². The van der Waals surface area contributed by atoms with Gasteiger partial charge in [0.1, 0.15) is 11.8 Å². The van der Waals surface area contributed by atoms with Crippen molar-refractivity contribution < 1.29 is 4.79 Å². The van der Waals surface area contributed by atoms with Crippen molar-refractivity contribution in [3.05, 3.63) is 77.9 Å². The third kappa shape index (κ3) is 3.28. The van der Waals surface area contributed by atoms with Gasteiger partial charge in [0.05, 0.1) is 5.56 Å². The second-order valence-electron chi connectivity index (χ2n) is 5.29. The van der Waals surface area contributed by atoms with Crippen LogP contribution in [0.15, 0.2) is 61.1 Å². The number of nitriles is 1. The minimum atomic E-state index is -0.270. The number of pyridine rings is 2. The summed E-state index contributed by atoms with van der Waals surface area (Å²) in [4.78, 5) is 20.5. The Bertz CT molecular complexity index is 930. The molecule has 1 amide bonds. The van der Waals surface area contributed by atoms with Crippen LogP contribution in [0.3, 0.4) is 0 Å². The third-order valence-corrected chi connectivity index (χ3v) is 3.52. The fraction of sp³-hybridized carbons (Fsp3) is 0.0526. The van der Waals surface area contributed by atoms with Crippen LogP contribution in [-0.4, -0.2) is 15.9 Å². The molecule has 116 valence electrons. The van der Waals surface area contributed by atoms with Gasteiger partial charge in [-0.15, -0.1) is 0 Å². The lowest BCUT2D eigenvalue weighted by atomic mass is 10.0. The Morgan fingerprint density at radius 1 is 1.17 bits per heavy atom. The summed E-state index contributed by atoms with van der Waals surface area (Å²) in [5, 5.41) is 12.1. The van der Waals surface area contributed by atoms with E-state index >= 15 is 0 Å². The van der Waals surface area contributed by atoms with E-state index in [9.17, 15) is 10.1 Å². The van der Waals surface area contributed by atoms with E-state index in [1.165, 1.54) is 6.20 Å². The topological polar surface area (TPSA) is 78.7 Å². The smallest absolute Gasteiger partial charge is 0.257 e. The molecule has 0 atom stereocenters. The zero-order chi connectivity index (χ0) is 16.9. The number of rotatable bonds is 3. The van der Waals surface area contributed by atoms with Gasteiger partial charge in [-0.2, -0.15) is 5.26 Å². The molecule has 0 fully saturated rings. The molecule has 3 aromatic rings. The summed E-state index contributed by atoms with van der Waals surface area (Å²) in [6.45, 7) is 1.96. The highest BCUT2D eigenvalue weighted by molar-refractivity contribution is 6.04. The van der Waals surface area contributed by atoms with Gasteiger partial charge in [0.25, 0.3) is 5.91 Å². The summed E-state index contributed by atoms with van der Waals surface area (Å²) in [5.74, 6) is -0.270. The first-order chi connectivity index (χ1) is 11.7. The van der Waals surface area contributed by atoms with Gasteiger partial charge < -0.3 is 5.32 Å². The standard InChI is InChI=1S/C19H14N4O/c1-13-3-2-4-16(9-13)23-19(24)15-10-17(18(11-20)22-12-15)14-5-7-21-8-6-14/h2-10,12H,1H3,(H,23,24). The van der Waals surface area contributed by atoms with Crippen molar-refractivity contribution in [1.29, 1.82) is 5.26 Å². The minimum Gasteiger partial charge on any atom is -0.322 e. The lowest BCUT2D eigenvalue weighted by Gasteiger charge is -2.08. The molecule has 0 aliphatic carbocycles. The van der Waals surface area contributed by atoms with Gasteiger partial charge >= 0.3 is 0 Å². The number of aromatic nitrogens is 2. The van der Waals surface area contributed by atoms with Crippen molar-refractivity contribution in [2.75, 3.05) is 5.32 Å². The maximum atomic E-state index is 12.5. The predicted octanol–water partition coefficient (Wildman–Crippen LogP) is 3.58. The van der Waals surface area contributed by atoms with Crippen LogP contribution in [0, 0.1) is 18.3 Å². The maximum absolute atomic E-state index is 12.5. The van der Waals surface area contributed by atoms with Gasteiger partial charge in [0, 0.05) is 29.8 Å². The lowest BCUT2D eigenvalue weighted by Crippen LogP contribution is -2.13. The van der Waals surface area contributed by atoms with Crippen LogP contribution < -0.4 is 5.32 Å². The van der Waals surface area contributed by atoms with Crippen molar-refractivity contribution in [1.82, 2.24) is 9.97 Å². The van der Waals surface area contributed by atoms with Gasteiger partial charge in [-0.25, -0.2) is 4.98 Å². The highest BCUT2D eigenvalue weighted by atomic mass is 16.1. The number of nitrogens with one attached hydrogen (secondary N) is 1. The summed E-state index contributed by atoms with van der Waals surface area (Å²) in [6, 6.07) is 14.8. The molecule has 0 unspecified atom stereocenters. The average Bonchev–Trinajstić information content (AvgIpc) is 2.62. The SMILES string of the molecule is Cc1cccc(NC(=O)c2cnc(C#N)c(-c3ccncc3)c2)c1. The van der Waals surface area contributed by atoms with E-state index in [2.05, 4.69) is 21.4 Å². The van der Waals surface area contributed by atoms with E-state index in [-0.39, 0.29) is 11.6 Å². The number of benzene rings is 1. The zero-order valence-corrected chi connectivity index (χ0v) is 13.0. The van der Waals surface area contributed by atoms with E-state index < -0.39 is 0 Å². The van der Waals surface area contributed by atoms with E-state index in [0.717, 1.165) is 16.8 Å². The van der Waals surface area contributed by atoms with Gasteiger partial charge in [0.15, 0.2) is 0 Å². The minimum absolute atomic E-state index is 0.270. The summed E-state index contributed by atoms with van der Waals surface area (Å²) < 4.78 is 0. The number of anilines is 1. The van der Waals surface area contributed by atoms with E-state index in [1.807, 2.05) is 31.2 Å². The molecule has 0 saturated heterocycles. The van der Waals surface area contributed by atoms with Crippen LogP contribution in [0.25, 0.3) is 11.1 Å². The van der Waals surface area contributed by atoms with Gasteiger partial charge in [-0.1, -0.05) is 12.1 Å². The van der Waals surface area contributed by atoms with Crippen molar-refractivity contribution >= 4 is 11.6 Å². The number of hydrogen-bond acceptors (Lipinski definition) is 4. The first-order valence-corrected chi connectivity index (χ1v) is 7.36.